The molecular weight excluding hydrogens is 286 g/mol. The van der Waals surface area contributed by atoms with Gasteiger partial charge in [-0.3, -0.25) is 4.99 Å². The van der Waals surface area contributed by atoms with Gasteiger partial charge in [0.05, 0.1) is 18.1 Å². The van der Waals surface area contributed by atoms with Crippen LogP contribution in [-0.2, 0) is 9.47 Å². The van der Waals surface area contributed by atoms with Gasteiger partial charge in [0, 0.05) is 20.4 Å². The predicted molar refractivity (Wildman–Crippen MR) is 71.0 cm³/mol. The molecule has 0 amide bonds. The molecule has 17 heavy (non-hydrogen) atoms. The van der Waals surface area contributed by atoms with Gasteiger partial charge in [0.25, 0.3) is 0 Å². The summed E-state index contributed by atoms with van der Waals surface area (Å²) in [5.41, 5.74) is 0.989. The van der Waals surface area contributed by atoms with E-state index in [1.54, 1.807) is 27.5 Å². The Kier molecular flexibility index (Phi) is 6.18. The van der Waals surface area contributed by atoms with Crippen molar-refractivity contribution in [2.45, 2.75) is 6.29 Å². The molecule has 0 heterocycles. The van der Waals surface area contributed by atoms with E-state index in [1.165, 1.54) is 0 Å². The van der Waals surface area contributed by atoms with Crippen LogP contribution in [0.15, 0.2) is 27.7 Å². The first-order chi connectivity index (χ1) is 8.21. The van der Waals surface area contributed by atoms with E-state index < -0.39 is 0 Å². The first kappa shape index (κ1) is 14.2. The molecule has 0 bridgehead atoms. The first-order valence-corrected chi connectivity index (χ1v) is 5.89. The smallest absolute Gasteiger partial charge is 0.176 e. The number of halogens is 1. The van der Waals surface area contributed by atoms with Gasteiger partial charge >= 0.3 is 0 Å². The van der Waals surface area contributed by atoms with E-state index >= 15 is 0 Å². The van der Waals surface area contributed by atoms with Crippen molar-refractivity contribution >= 4 is 22.1 Å². The van der Waals surface area contributed by atoms with Gasteiger partial charge in [0.2, 0.25) is 0 Å². The van der Waals surface area contributed by atoms with Crippen molar-refractivity contribution in [3.05, 3.63) is 28.2 Å². The highest BCUT2D eigenvalue weighted by molar-refractivity contribution is 9.10. The zero-order valence-corrected chi connectivity index (χ0v) is 11.7. The first-order valence-electron chi connectivity index (χ1n) is 5.10. The van der Waals surface area contributed by atoms with Crippen LogP contribution in [0, 0.1) is 0 Å². The van der Waals surface area contributed by atoms with Gasteiger partial charge in [-0.2, -0.15) is 0 Å². The van der Waals surface area contributed by atoms with Gasteiger partial charge in [-0.25, -0.2) is 0 Å². The summed E-state index contributed by atoms with van der Waals surface area (Å²) >= 11 is 3.42. The molecule has 94 valence electrons. The number of hydrogen-bond acceptors (Lipinski definition) is 4. The van der Waals surface area contributed by atoms with E-state index in [0.29, 0.717) is 6.54 Å². The van der Waals surface area contributed by atoms with Crippen molar-refractivity contribution in [3.63, 3.8) is 0 Å². The van der Waals surface area contributed by atoms with Crippen LogP contribution in [0.25, 0.3) is 0 Å². The minimum absolute atomic E-state index is 0.298. The molecule has 0 spiro atoms. The highest BCUT2D eigenvalue weighted by atomic mass is 79.9. The molecule has 0 saturated heterocycles. The topological polar surface area (TPSA) is 40.0 Å². The van der Waals surface area contributed by atoms with E-state index in [0.717, 1.165) is 15.8 Å². The zero-order chi connectivity index (χ0) is 12.7. The van der Waals surface area contributed by atoms with Crippen molar-refractivity contribution in [3.8, 4) is 5.75 Å². The standard InChI is InChI=1S/C12H16BrNO3/c1-15-11-5-4-9(6-10(11)13)7-14-8-12(16-2)17-3/h4-7,12H,8H2,1-3H3. The second-order valence-electron chi connectivity index (χ2n) is 3.29. The number of methoxy groups -OCH3 is 3. The lowest BCUT2D eigenvalue weighted by molar-refractivity contribution is -0.0936. The molecule has 0 N–H and O–H groups in total. The second kappa shape index (κ2) is 7.42. The van der Waals surface area contributed by atoms with Gasteiger partial charge < -0.3 is 14.2 Å². The van der Waals surface area contributed by atoms with E-state index in [1.807, 2.05) is 18.2 Å². The molecule has 1 aromatic rings. The van der Waals surface area contributed by atoms with E-state index in [2.05, 4.69) is 20.9 Å². The maximum Gasteiger partial charge on any atom is 0.176 e. The third-order valence-electron chi connectivity index (χ3n) is 2.20. The fraction of sp³-hybridized carbons (Fsp3) is 0.417. The number of hydrogen-bond donors (Lipinski definition) is 0. The van der Waals surface area contributed by atoms with Crippen LogP contribution >= 0.6 is 15.9 Å². The van der Waals surface area contributed by atoms with Crippen LogP contribution in [0.3, 0.4) is 0 Å². The molecule has 0 radical (unpaired) electrons. The van der Waals surface area contributed by atoms with Gasteiger partial charge in [-0.05, 0) is 39.7 Å². The Balaban J connectivity index is 2.62. The molecule has 0 atom stereocenters. The molecule has 0 aliphatic heterocycles. The van der Waals surface area contributed by atoms with Crippen LogP contribution in [0.5, 0.6) is 5.75 Å². The Bertz CT molecular complexity index is 378. The summed E-state index contributed by atoms with van der Waals surface area (Å²) in [5.74, 6) is 0.800. The summed E-state index contributed by atoms with van der Waals surface area (Å²) in [5, 5.41) is 0. The molecule has 5 heteroatoms. The summed E-state index contributed by atoms with van der Waals surface area (Å²) in [6.07, 6.45) is 1.47. The number of benzene rings is 1. The van der Waals surface area contributed by atoms with Crippen molar-refractivity contribution < 1.29 is 14.2 Å². The van der Waals surface area contributed by atoms with Crippen LogP contribution in [0.1, 0.15) is 5.56 Å². The van der Waals surface area contributed by atoms with Crippen LogP contribution in [-0.4, -0.2) is 40.4 Å². The van der Waals surface area contributed by atoms with Crippen molar-refractivity contribution in [2.75, 3.05) is 27.9 Å². The SMILES string of the molecule is COc1ccc(C=NCC(OC)OC)cc1Br. The Hall–Kier alpha value is -0.910. The molecule has 1 aromatic carbocycles. The molecule has 0 aromatic heterocycles. The summed E-state index contributed by atoms with van der Waals surface area (Å²) < 4.78 is 16.1. The van der Waals surface area contributed by atoms with E-state index in [9.17, 15) is 0 Å². The normalized spacial score (nSPS) is 11.4. The quantitative estimate of drug-likeness (QED) is 0.599. The van der Waals surface area contributed by atoms with Crippen molar-refractivity contribution in [1.29, 1.82) is 0 Å². The number of ether oxygens (including phenoxy) is 3. The maximum absolute atomic E-state index is 5.15. The summed E-state index contributed by atoms with van der Waals surface area (Å²) in [6.45, 7) is 0.469. The molecule has 0 aliphatic carbocycles. The van der Waals surface area contributed by atoms with Crippen LogP contribution < -0.4 is 4.74 Å². The second-order valence-corrected chi connectivity index (χ2v) is 4.14. The highest BCUT2D eigenvalue weighted by Crippen LogP contribution is 2.24. The number of nitrogens with zero attached hydrogens (tertiary/aromatic N) is 1. The lowest BCUT2D eigenvalue weighted by Gasteiger charge is -2.09. The maximum atomic E-state index is 5.15. The van der Waals surface area contributed by atoms with Gasteiger partial charge in [0.15, 0.2) is 6.29 Å². The third-order valence-corrected chi connectivity index (χ3v) is 2.82. The monoisotopic (exact) mass is 301 g/mol. The van der Waals surface area contributed by atoms with Crippen LogP contribution in [0.4, 0.5) is 0 Å². The van der Waals surface area contributed by atoms with Gasteiger partial charge in [-0.1, -0.05) is 0 Å². The predicted octanol–water partition coefficient (Wildman–Crippen LogP) is 2.50. The average Bonchev–Trinajstić information content (AvgIpc) is 2.35. The van der Waals surface area contributed by atoms with Crippen molar-refractivity contribution in [2.24, 2.45) is 4.99 Å². The largest absolute Gasteiger partial charge is 0.496 e. The zero-order valence-electron chi connectivity index (χ0n) is 10.1. The molecule has 0 fully saturated rings. The molecule has 4 nitrogen and oxygen atoms in total. The summed E-state index contributed by atoms with van der Waals surface area (Å²) in [7, 11) is 4.82. The lowest BCUT2D eigenvalue weighted by Crippen LogP contribution is -2.16. The fourth-order valence-electron chi connectivity index (χ4n) is 1.25. The molecular formula is C12H16BrNO3. The van der Waals surface area contributed by atoms with E-state index in [4.69, 9.17) is 14.2 Å². The third kappa shape index (κ3) is 4.46. The molecule has 0 aliphatic rings. The van der Waals surface area contributed by atoms with Crippen molar-refractivity contribution in [1.82, 2.24) is 0 Å². The molecule has 0 saturated carbocycles. The highest BCUT2D eigenvalue weighted by Gasteiger charge is 2.02. The minimum Gasteiger partial charge on any atom is -0.496 e. The van der Waals surface area contributed by atoms with Crippen LogP contribution in [0.2, 0.25) is 0 Å². The minimum atomic E-state index is -0.298. The number of rotatable bonds is 6. The van der Waals surface area contributed by atoms with E-state index in [-0.39, 0.29) is 6.29 Å². The summed E-state index contributed by atoms with van der Waals surface area (Å²) in [4.78, 5) is 4.24. The Morgan fingerprint density at radius 2 is 2.00 bits per heavy atom. The summed E-state index contributed by atoms with van der Waals surface area (Å²) in [6, 6.07) is 5.76. The lowest BCUT2D eigenvalue weighted by atomic mass is 10.2. The Morgan fingerprint density at radius 3 is 2.53 bits per heavy atom. The molecule has 0 unspecified atom stereocenters. The van der Waals surface area contributed by atoms with Gasteiger partial charge in [0.1, 0.15) is 5.75 Å². The number of aliphatic imine (C=N–C) groups is 1. The average molecular weight is 302 g/mol. The Labute approximate surface area is 110 Å². The Morgan fingerprint density at radius 1 is 1.29 bits per heavy atom. The fourth-order valence-corrected chi connectivity index (χ4v) is 1.81. The van der Waals surface area contributed by atoms with Gasteiger partial charge in [-0.15, -0.1) is 0 Å². The molecule has 1 rings (SSSR count).